The van der Waals surface area contributed by atoms with E-state index >= 15 is 0 Å². The van der Waals surface area contributed by atoms with E-state index in [0.717, 1.165) is 5.56 Å². The Kier molecular flexibility index (Phi) is 2.59. The fraction of sp³-hybridized carbons (Fsp3) is 0.200. The number of nitrogens with zero attached hydrogens (tertiary/aromatic N) is 1. The average molecular weight is 239 g/mol. The van der Waals surface area contributed by atoms with Crippen LogP contribution in [-0.2, 0) is 0 Å². The van der Waals surface area contributed by atoms with Gasteiger partial charge >= 0.3 is 0 Å². The van der Waals surface area contributed by atoms with Gasteiger partial charge in [-0.2, -0.15) is 0 Å². The zero-order valence-corrected chi connectivity index (χ0v) is 9.87. The monoisotopic (exact) mass is 239 g/mol. The lowest BCUT2D eigenvalue weighted by molar-refractivity contribution is -0.384. The number of benzene rings is 2. The van der Waals surface area contributed by atoms with Crippen molar-refractivity contribution in [1.29, 1.82) is 0 Å². The number of nitro benzene ring substituents is 1. The van der Waals surface area contributed by atoms with E-state index in [-0.39, 0.29) is 10.6 Å². The third kappa shape index (κ3) is 1.99. The van der Waals surface area contributed by atoms with Crippen molar-refractivity contribution in [2.75, 3.05) is 0 Å². The molecule has 1 fully saturated rings. The van der Waals surface area contributed by atoms with Crippen LogP contribution >= 0.6 is 0 Å². The molecule has 18 heavy (non-hydrogen) atoms. The van der Waals surface area contributed by atoms with E-state index in [9.17, 15) is 10.1 Å². The number of non-ortho nitro benzene ring substituents is 1. The Labute approximate surface area is 105 Å². The molecule has 0 unspecified atom stereocenters. The average Bonchev–Trinajstić information content (AvgIpc) is 3.23. The minimum atomic E-state index is -0.365. The summed E-state index contributed by atoms with van der Waals surface area (Å²) in [5.41, 5.74) is 3.77. The summed E-state index contributed by atoms with van der Waals surface area (Å²) in [7, 11) is 0. The predicted octanol–water partition coefficient (Wildman–Crippen LogP) is 4.14. The van der Waals surface area contributed by atoms with Crippen LogP contribution in [0.25, 0.3) is 11.1 Å². The van der Waals surface area contributed by atoms with Gasteiger partial charge in [0.15, 0.2) is 0 Å². The Morgan fingerprint density at radius 1 is 1.00 bits per heavy atom. The third-order valence-electron chi connectivity index (χ3n) is 3.37. The molecule has 2 aromatic carbocycles. The molecule has 0 heterocycles. The van der Waals surface area contributed by atoms with Gasteiger partial charge in [0.05, 0.1) is 4.92 Å². The van der Waals surface area contributed by atoms with Crippen molar-refractivity contribution in [2.24, 2.45) is 0 Å². The molecule has 0 spiro atoms. The number of nitro groups is 1. The first-order valence-corrected chi connectivity index (χ1v) is 6.09. The van der Waals surface area contributed by atoms with Crippen molar-refractivity contribution >= 4 is 5.69 Å². The van der Waals surface area contributed by atoms with Crippen molar-refractivity contribution in [1.82, 2.24) is 0 Å². The van der Waals surface area contributed by atoms with Gasteiger partial charge in [0.2, 0.25) is 0 Å². The SMILES string of the molecule is O=[N+]([O-])c1ccc(-c2ccccc2C2CC2)cc1. The number of rotatable bonds is 3. The van der Waals surface area contributed by atoms with Crippen molar-refractivity contribution < 1.29 is 4.92 Å². The van der Waals surface area contributed by atoms with E-state index in [1.807, 2.05) is 18.2 Å². The quantitative estimate of drug-likeness (QED) is 0.596. The third-order valence-corrected chi connectivity index (χ3v) is 3.37. The summed E-state index contributed by atoms with van der Waals surface area (Å²) in [5, 5.41) is 10.6. The molecule has 3 heteroatoms. The van der Waals surface area contributed by atoms with Gasteiger partial charge in [-0.3, -0.25) is 10.1 Å². The van der Waals surface area contributed by atoms with E-state index in [0.29, 0.717) is 5.92 Å². The molecule has 0 aromatic heterocycles. The minimum Gasteiger partial charge on any atom is -0.258 e. The lowest BCUT2D eigenvalue weighted by atomic mass is 9.97. The van der Waals surface area contributed by atoms with Crippen LogP contribution in [0.3, 0.4) is 0 Å². The van der Waals surface area contributed by atoms with Gasteiger partial charge in [-0.15, -0.1) is 0 Å². The van der Waals surface area contributed by atoms with Gasteiger partial charge < -0.3 is 0 Å². The Morgan fingerprint density at radius 2 is 1.67 bits per heavy atom. The molecule has 0 bridgehead atoms. The van der Waals surface area contributed by atoms with Crippen LogP contribution in [0.15, 0.2) is 48.5 Å². The maximum atomic E-state index is 10.6. The predicted molar refractivity (Wildman–Crippen MR) is 70.5 cm³/mol. The van der Waals surface area contributed by atoms with Crippen molar-refractivity contribution in [2.45, 2.75) is 18.8 Å². The lowest BCUT2D eigenvalue weighted by Crippen LogP contribution is -1.89. The van der Waals surface area contributed by atoms with E-state index in [1.54, 1.807) is 12.1 Å². The second kappa shape index (κ2) is 4.26. The summed E-state index contributed by atoms with van der Waals surface area (Å²) >= 11 is 0. The van der Waals surface area contributed by atoms with Crippen LogP contribution in [0, 0.1) is 10.1 Å². The number of hydrogen-bond donors (Lipinski definition) is 0. The van der Waals surface area contributed by atoms with Crippen molar-refractivity contribution in [3.63, 3.8) is 0 Å². The normalized spacial score (nSPS) is 14.4. The molecule has 1 saturated carbocycles. The highest BCUT2D eigenvalue weighted by Crippen LogP contribution is 2.44. The Hall–Kier alpha value is -2.16. The molecular formula is C15H13NO2. The number of hydrogen-bond acceptors (Lipinski definition) is 2. The highest BCUT2D eigenvalue weighted by atomic mass is 16.6. The summed E-state index contributed by atoms with van der Waals surface area (Å²) in [4.78, 5) is 10.3. The zero-order valence-electron chi connectivity index (χ0n) is 9.87. The van der Waals surface area contributed by atoms with Gasteiger partial charge in [0.25, 0.3) is 5.69 Å². The zero-order chi connectivity index (χ0) is 12.5. The van der Waals surface area contributed by atoms with Crippen LogP contribution in [0.5, 0.6) is 0 Å². The largest absolute Gasteiger partial charge is 0.269 e. The van der Waals surface area contributed by atoms with E-state index in [4.69, 9.17) is 0 Å². The van der Waals surface area contributed by atoms with Gasteiger partial charge in [0.1, 0.15) is 0 Å². The highest BCUT2D eigenvalue weighted by Gasteiger charge is 2.25. The summed E-state index contributed by atoms with van der Waals surface area (Å²) in [5.74, 6) is 0.677. The highest BCUT2D eigenvalue weighted by molar-refractivity contribution is 5.69. The first-order chi connectivity index (χ1) is 8.75. The second-order valence-corrected chi connectivity index (χ2v) is 4.67. The van der Waals surface area contributed by atoms with Gasteiger partial charge in [-0.1, -0.05) is 24.3 Å². The van der Waals surface area contributed by atoms with E-state index in [1.165, 1.54) is 24.0 Å². The van der Waals surface area contributed by atoms with Crippen molar-refractivity contribution in [3.8, 4) is 11.1 Å². The molecule has 0 N–H and O–H groups in total. The lowest BCUT2D eigenvalue weighted by Gasteiger charge is -2.08. The molecular weight excluding hydrogens is 226 g/mol. The first kappa shape index (κ1) is 11.0. The molecule has 0 saturated heterocycles. The first-order valence-electron chi connectivity index (χ1n) is 6.09. The van der Waals surface area contributed by atoms with Gasteiger partial charge in [0, 0.05) is 12.1 Å². The Balaban J connectivity index is 2.01. The molecule has 1 aliphatic carbocycles. The maximum absolute atomic E-state index is 10.6. The molecule has 90 valence electrons. The fourth-order valence-corrected chi connectivity index (χ4v) is 2.27. The fourth-order valence-electron chi connectivity index (χ4n) is 2.27. The van der Waals surface area contributed by atoms with Crippen LogP contribution in [0.1, 0.15) is 24.3 Å². The smallest absolute Gasteiger partial charge is 0.258 e. The van der Waals surface area contributed by atoms with Crippen molar-refractivity contribution in [3.05, 3.63) is 64.2 Å². The van der Waals surface area contributed by atoms with E-state index < -0.39 is 0 Å². The summed E-state index contributed by atoms with van der Waals surface area (Å²) in [6.45, 7) is 0. The van der Waals surface area contributed by atoms with Gasteiger partial charge in [-0.25, -0.2) is 0 Å². The minimum absolute atomic E-state index is 0.141. The molecule has 0 atom stereocenters. The summed E-state index contributed by atoms with van der Waals surface area (Å²) < 4.78 is 0. The molecule has 0 radical (unpaired) electrons. The maximum Gasteiger partial charge on any atom is 0.269 e. The second-order valence-electron chi connectivity index (χ2n) is 4.67. The summed E-state index contributed by atoms with van der Waals surface area (Å²) in [6, 6.07) is 15.1. The van der Waals surface area contributed by atoms with Crippen LogP contribution in [0.2, 0.25) is 0 Å². The molecule has 0 amide bonds. The van der Waals surface area contributed by atoms with E-state index in [2.05, 4.69) is 18.2 Å². The molecule has 3 nitrogen and oxygen atoms in total. The Bertz CT molecular complexity index is 586. The van der Waals surface area contributed by atoms with Crippen LogP contribution in [-0.4, -0.2) is 4.92 Å². The van der Waals surface area contributed by atoms with Crippen LogP contribution in [0.4, 0.5) is 5.69 Å². The molecule has 1 aliphatic rings. The standard InChI is InChI=1S/C15H13NO2/c17-16(18)13-9-7-12(8-10-13)15-4-2-1-3-14(15)11-5-6-11/h1-4,7-11H,5-6H2. The molecule has 3 rings (SSSR count). The summed E-state index contributed by atoms with van der Waals surface area (Å²) in [6.07, 6.45) is 2.51. The molecule has 0 aliphatic heterocycles. The topological polar surface area (TPSA) is 43.1 Å². The molecule has 2 aromatic rings. The Morgan fingerprint density at radius 3 is 2.28 bits per heavy atom. The van der Waals surface area contributed by atoms with Gasteiger partial charge in [-0.05, 0) is 47.6 Å². The van der Waals surface area contributed by atoms with Crippen LogP contribution < -0.4 is 0 Å².